The molecule has 34 heavy (non-hydrogen) atoms. The highest BCUT2D eigenvalue weighted by Crippen LogP contribution is 2.32. The molecule has 2 aromatic rings. The van der Waals surface area contributed by atoms with E-state index < -0.39 is 0 Å². The molecule has 0 radical (unpaired) electrons. The molecule has 0 spiro atoms. The number of amides is 2. The van der Waals surface area contributed by atoms with Crippen LogP contribution in [0.25, 0.3) is 0 Å². The Kier molecular flexibility index (Phi) is 5.95. The van der Waals surface area contributed by atoms with Crippen LogP contribution in [0.4, 0.5) is 5.69 Å². The fourth-order valence-corrected chi connectivity index (χ4v) is 5.00. The van der Waals surface area contributed by atoms with Gasteiger partial charge in [-0.1, -0.05) is 12.1 Å². The lowest BCUT2D eigenvalue weighted by molar-refractivity contribution is -0.128. The molecule has 9 nitrogen and oxygen atoms in total. The van der Waals surface area contributed by atoms with Crippen molar-refractivity contribution in [3.63, 3.8) is 0 Å². The predicted molar refractivity (Wildman–Crippen MR) is 128 cm³/mol. The third-order valence-corrected chi connectivity index (χ3v) is 6.93. The molecule has 0 bridgehead atoms. The number of benzene rings is 1. The molecule has 0 unspecified atom stereocenters. The Bertz CT molecular complexity index is 1180. The maximum absolute atomic E-state index is 13.2. The molecule has 0 atom stereocenters. The summed E-state index contributed by atoms with van der Waals surface area (Å²) in [5.74, 6) is -0.0761. The van der Waals surface area contributed by atoms with E-state index in [1.165, 1.54) is 0 Å². The Morgan fingerprint density at radius 2 is 2.03 bits per heavy atom. The first kappa shape index (κ1) is 22.3. The van der Waals surface area contributed by atoms with Crippen molar-refractivity contribution >= 4 is 23.2 Å². The van der Waals surface area contributed by atoms with Gasteiger partial charge in [0.05, 0.1) is 24.1 Å². The summed E-state index contributed by atoms with van der Waals surface area (Å²) in [6.07, 6.45) is 6.04. The number of nitrogens with one attached hydrogen (secondary N) is 2. The average Bonchev–Trinajstić information content (AvgIpc) is 3.42. The quantitative estimate of drug-likeness (QED) is 0.664. The summed E-state index contributed by atoms with van der Waals surface area (Å²) < 4.78 is 7.17. The predicted octanol–water partition coefficient (Wildman–Crippen LogP) is 2.22. The molecule has 1 aromatic carbocycles. The van der Waals surface area contributed by atoms with E-state index in [9.17, 15) is 15.0 Å². The lowest BCUT2D eigenvalue weighted by Crippen LogP contribution is -2.43. The topological polar surface area (TPSA) is 104 Å². The van der Waals surface area contributed by atoms with Gasteiger partial charge in [-0.15, -0.1) is 0 Å². The van der Waals surface area contributed by atoms with Gasteiger partial charge in [0.2, 0.25) is 5.91 Å². The summed E-state index contributed by atoms with van der Waals surface area (Å²) in [6.45, 7) is 4.46. The summed E-state index contributed by atoms with van der Waals surface area (Å²) in [5, 5.41) is 17.1. The third-order valence-electron chi connectivity index (χ3n) is 6.93. The number of fused-ring (bicyclic) bond motifs is 1. The summed E-state index contributed by atoms with van der Waals surface area (Å²) in [5.41, 5.74) is 5.17. The van der Waals surface area contributed by atoms with Crippen LogP contribution in [0.15, 0.2) is 41.9 Å². The van der Waals surface area contributed by atoms with Crippen molar-refractivity contribution < 1.29 is 14.3 Å². The number of nitrogens with zero attached hydrogens (tertiary/aromatic N) is 4. The second kappa shape index (κ2) is 9.06. The van der Waals surface area contributed by atoms with E-state index in [0.29, 0.717) is 43.4 Å². The van der Waals surface area contributed by atoms with E-state index in [4.69, 9.17) is 4.74 Å². The number of hydrogen-bond acceptors (Lipinski definition) is 6. The Morgan fingerprint density at radius 1 is 1.24 bits per heavy atom. The standard InChI is InChI=1S/C25H30N6O3/c1-16(32)30-9-6-23(28-17-7-10-34-11-8-17)22(14-30)24(26)19-4-3-5-20-21(19)15-31(25(20)33)18-12-27-29(2)13-18/h3-5,12-13,17,26,28H,6-11,14-15H2,1-2H3. The lowest BCUT2D eigenvalue weighted by Gasteiger charge is -2.34. The van der Waals surface area contributed by atoms with Gasteiger partial charge in [0.15, 0.2) is 0 Å². The monoisotopic (exact) mass is 462 g/mol. The van der Waals surface area contributed by atoms with Gasteiger partial charge < -0.3 is 19.9 Å². The fraction of sp³-hybridized carbons (Fsp3) is 0.440. The van der Waals surface area contributed by atoms with Crippen LogP contribution in [0.3, 0.4) is 0 Å². The van der Waals surface area contributed by atoms with Gasteiger partial charge in [-0.2, -0.15) is 5.10 Å². The molecule has 9 heteroatoms. The van der Waals surface area contributed by atoms with Crippen LogP contribution in [0.1, 0.15) is 47.7 Å². The smallest absolute Gasteiger partial charge is 0.259 e. The zero-order valence-electron chi connectivity index (χ0n) is 19.6. The number of carbonyl (C=O) groups is 2. The maximum Gasteiger partial charge on any atom is 0.259 e. The van der Waals surface area contributed by atoms with E-state index in [0.717, 1.165) is 54.1 Å². The van der Waals surface area contributed by atoms with Gasteiger partial charge in [-0.05, 0) is 24.5 Å². The molecule has 3 aliphatic heterocycles. The normalized spacial score (nSPS) is 18.9. The van der Waals surface area contributed by atoms with Gasteiger partial charge in [0, 0.05) is 81.3 Å². The van der Waals surface area contributed by atoms with Gasteiger partial charge in [0.1, 0.15) is 0 Å². The molecular weight excluding hydrogens is 432 g/mol. The number of carbonyl (C=O) groups excluding carboxylic acids is 2. The van der Waals surface area contributed by atoms with Crippen molar-refractivity contribution in [3.8, 4) is 0 Å². The first-order chi connectivity index (χ1) is 16.4. The molecule has 178 valence electrons. The Hall–Kier alpha value is -3.46. The molecule has 2 N–H and O–H groups in total. The molecule has 5 rings (SSSR count). The highest BCUT2D eigenvalue weighted by molar-refractivity contribution is 6.17. The highest BCUT2D eigenvalue weighted by atomic mass is 16.5. The van der Waals surface area contributed by atoms with Crippen LogP contribution in [0.2, 0.25) is 0 Å². The van der Waals surface area contributed by atoms with Gasteiger partial charge >= 0.3 is 0 Å². The van der Waals surface area contributed by atoms with Crippen LogP contribution < -0.4 is 10.2 Å². The lowest BCUT2D eigenvalue weighted by atomic mass is 9.91. The summed E-state index contributed by atoms with van der Waals surface area (Å²) in [6, 6.07) is 5.88. The van der Waals surface area contributed by atoms with Gasteiger partial charge in [0.25, 0.3) is 5.91 Å². The SMILES string of the molecule is CC(=O)N1CCC(NC2CCOCC2)=C(C(=N)c2cccc3c2CN(c2cnn(C)c2)C3=O)C1. The Balaban J connectivity index is 1.49. The Labute approximate surface area is 198 Å². The molecule has 0 aliphatic carbocycles. The van der Waals surface area contributed by atoms with Crippen LogP contribution in [-0.4, -0.2) is 64.6 Å². The Morgan fingerprint density at radius 3 is 2.74 bits per heavy atom. The van der Waals surface area contributed by atoms with Crippen molar-refractivity contribution in [2.75, 3.05) is 31.2 Å². The highest BCUT2D eigenvalue weighted by Gasteiger charge is 2.34. The third kappa shape index (κ3) is 4.11. The largest absolute Gasteiger partial charge is 0.385 e. The van der Waals surface area contributed by atoms with E-state index in [-0.39, 0.29) is 11.8 Å². The summed E-state index contributed by atoms with van der Waals surface area (Å²) in [7, 11) is 1.82. The van der Waals surface area contributed by atoms with Crippen LogP contribution in [0.5, 0.6) is 0 Å². The zero-order chi connectivity index (χ0) is 23.8. The number of anilines is 1. The maximum atomic E-state index is 13.2. The molecule has 1 saturated heterocycles. The molecule has 2 amide bonds. The molecule has 0 saturated carbocycles. The minimum atomic E-state index is -0.0822. The van der Waals surface area contributed by atoms with Crippen LogP contribution in [0, 0.1) is 5.41 Å². The zero-order valence-corrected chi connectivity index (χ0v) is 19.6. The summed E-state index contributed by atoms with van der Waals surface area (Å²) in [4.78, 5) is 28.8. The van der Waals surface area contributed by atoms with E-state index in [2.05, 4.69) is 10.4 Å². The average molecular weight is 463 g/mol. The van der Waals surface area contributed by atoms with Crippen molar-refractivity contribution in [1.82, 2.24) is 20.0 Å². The fourth-order valence-electron chi connectivity index (χ4n) is 5.00. The van der Waals surface area contributed by atoms with Crippen LogP contribution >= 0.6 is 0 Å². The van der Waals surface area contributed by atoms with Crippen molar-refractivity contribution in [1.29, 1.82) is 5.41 Å². The molecule has 1 aromatic heterocycles. The first-order valence-corrected chi connectivity index (χ1v) is 11.8. The van der Waals surface area contributed by atoms with Gasteiger partial charge in [-0.25, -0.2) is 0 Å². The van der Waals surface area contributed by atoms with E-state index in [1.807, 2.05) is 31.4 Å². The number of aromatic nitrogens is 2. The number of aryl methyl sites for hydroxylation is 1. The van der Waals surface area contributed by atoms with Crippen molar-refractivity contribution in [2.45, 2.75) is 38.8 Å². The minimum absolute atomic E-state index is 0.00615. The first-order valence-electron chi connectivity index (χ1n) is 11.8. The second-order valence-corrected chi connectivity index (χ2v) is 9.15. The van der Waals surface area contributed by atoms with Crippen molar-refractivity contribution in [3.05, 3.63) is 58.6 Å². The number of rotatable bonds is 5. The van der Waals surface area contributed by atoms with E-state index in [1.54, 1.807) is 27.6 Å². The van der Waals surface area contributed by atoms with Crippen molar-refractivity contribution in [2.24, 2.45) is 7.05 Å². The molecule has 4 heterocycles. The number of ether oxygens (including phenoxy) is 1. The minimum Gasteiger partial charge on any atom is -0.385 e. The molecule has 1 fully saturated rings. The summed E-state index contributed by atoms with van der Waals surface area (Å²) >= 11 is 0. The molecule has 3 aliphatic rings. The second-order valence-electron chi connectivity index (χ2n) is 9.15. The van der Waals surface area contributed by atoms with Crippen LogP contribution in [-0.2, 0) is 23.1 Å². The van der Waals surface area contributed by atoms with Gasteiger partial charge in [-0.3, -0.25) is 19.7 Å². The number of hydrogen-bond donors (Lipinski definition) is 2. The molecular formula is C25H30N6O3. The van der Waals surface area contributed by atoms with E-state index >= 15 is 0 Å².